The van der Waals surface area contributed by atoms with Gasteiger partial charge in [0.2, 0.25) is 0 Å². The number of allylic oxidation sites excluding steroid dienone is 2. The first-order chi connectivity index (χ1) is 13.1. The predicted molar refractivity (Wildman–Crippen MR) is 111 cm³/mol. The summed E-state index contributed by atoms with van der Waals surface area (Å²) >= 11 is 0. The smallest absolute Gasteiger partial charge is 0.166 e. The molecule has 0 saturated heterocycles. The summed E-state index contributed by atoms with van der Waals surface area (Å²) in [6, 6.07) is 8.02. The van der Waals surface area contributed by atoms with E-state index in [1.165, 1.54) is 25.3 Å². The monoisotopic (exact) mass is 370 g/mol. The Labute approximate surface area is 164 Å². The van der Waals surface area contributed by atoms with E-state index in [0.717, 1.165) is 49.8 Å². The van der Waals surface area contributed by atoms with E-state index in [9.17, 15) is 9.90 Å². The van der Waals surface area contributed by atoms with Crippen LogP contribution >= 0.6 is 0 Å². The topological polar surface area (TPSA) is 46.5 Å². The maximum atomic E-state index is 12.6. The molecule has 2 atom stereocenters. The Morgan fingerprint density at radius 2 is 1.96 bits per heavy atom. The summed E-state index contributed by atoms with van der Waals surface area (Å²) in [6.07, 6.45) is 15.7. The van der Waals surface area contributed by atoms with E-state index in [1.54, 1.807) is 13.2 Å². The molecule has 0 bridgehead atoms. The number of carbonyl (C=O) groups excluding carboxylic acids is 1. The molecule has 0 spiro atoms. The number of methoxy groups -OCH3 is 1. The van der Waals surface area contributed by atoms with E-state index in [0.29, 0.717) is 0 Å². The number of benzene rings is 1. The van der Waals surface area contributed by atoms with Gasteiger partial charge in [-0.15, -0.1) is 0 Å². The Bertz CT molecular complexity index is 647. The zero-order valence-electron chi connectivity index (χ0n) is 16.8. The quantitative estimate of drug-likeness (QED) is 0.409. The number of ether oxygens (including phenoxy) is 1. The lowest BCUT2D eigenvalue weighted by Gasteiger charge is -2.27. The van der Waals surface area contributed by atoms with Crippen molar-refractivity contribution in [1.29, 1.82) is 0 Å². The average molecular weight is 371 g/mol. The molecule has 148 valence electrons. The third-order valence-corrected chi connectivity index (χ3v) is 5.28. The van der Waals surface area contributed by atoms with Crippen LogP contribution in [-0.4, -0.2) is 30.2 Å². The average Bonchev–Trinajstić information content (AvgIpc) is 2.97. The molecule has 3 nitrogen and oxygen atoms in total. The first-order valence-corrected chi connectivity index (χ1v) is 10.3. The van der Waals surface area contributed by atoms with Gasteiger partial charge in [-0.3, -0.25) is 4.79 Å². The minimum atomic E-state index is -1.22. The van der Waals surface area contributed by atoms with Crippen LogP contribution in [0.4, 0.5) is 0 Å². The summed E-state index contributed by atoms with van der Waals surface area (Å²) in [7, 11) is 1.71. The van der Waals surface area contributed by atoms with Crippen LogP contribution in [0.3, 0.4) is 0 Å². The molecule has 0 radical (unpaired) electrons. The van der Waals surface area contributed by atoms with Gasteiger partial charge in [0.05, 0.1) is 5.92 Å². The standard InChI is InChI=1S/C24H34O3/c1-3-4-5-6-7-11-17-24(26)18-16-22(25)23(24)21-15-9-8-13-20(21)14-10-12-19-27-2/h8-9,11,13,15-18,23,26H,3-7,10,12,14,19H2,1-2H3/b17-11+/t23-,24+/m0/s1. The minimum absolute atomic E-state index is 0.0162. The SMILES string of the molecule is CCCCCC/C=C/[C@@]1(O)C=CC(=O)[C@@H]1c1ccccc1CCCCOC. The van der Waals surface area contributed by atoms with Gasteiger partial charge >= 0.3 is 0 Å². The molecule has 0 unspecified atom stereocenters. The lowest BCUT2D eigenvalue weighted by Crippen LogP contribution is -2.32. The van der Waals surface area contributed by atoms with Gasteiger partial charge in [0.1, 0.15) is 5.60 Å². The second-order valence-electron chi connectivity index (χ2n) is 7.46. The van der Waals surface area contributed by atoms with E-state index < -0.39 is 11.5 Å². The highest BCUT2D eigenvalue weighted by Gasteiger charge is 2.42. The largest absolute Gasteiger partial charge is 0.385 e. The molecular weight excluding hydrogens is 336 g/mol. The van der Waals surface area contributed by atoms with E-state index in [4.69, 9.17) is 4.74 Å². The summed E-state index contributed by atoms with van der Waals surface area (Å²) in [4.78, 5) is 12.6. The van der Waals surface area contributed by atoms with E-state index >= 15 is 0 Å². The molecule has 0 aromatic heterocycles. The number of hydrogen-bond donors (Lipinski definition) is 1. The van der Waals surface area contributed by atoms with Crippen molar-refractivity contribution in [1.82, 2.24) is 0 Å². The first kappa shape index (κ1) is 21.6. The summed E-state index contributed by atoms with van der Waals surface area (Å²) in [5.74, 6) is -0.555. The van der Waals surface area contributed by atoms with Crippen molar-refractivity contribution in [2.24, 2.45) is 0 Å². The second kappa shape index (κ2) is 11.2. The van der Waals surface area contributed by atoms with E-state index in [2.05, 4.69) is 13.0 Å². The number of carbonyl (C=O) groups is 1. The number of rotatable bonds is 12. The molecule has 0 amide bonds. The lowest BCUT2D eigenvalue weighted by atomic mass is 9.80. The highest BCUT2D eigenvalue weighted by Crippen LogP contribution is 2.39. The summed E-state index contributed by atoms with van der Waals surface area (Å²) < 4.78 is 5.13. The van der Waals surface area contributed by atoms with Gasteiger partial charge < -0.3 is 9.84 Å². The van der Waals surface area contributed by atoms with Crippen molar-refractivity contribution in [2.75, 3.05) is 13.7 Å². The van der Waals surface area contributed by atoms with Crippen LogP contribution in [0, 0.1) is 0 Å². The van der Waals surface area contributed by atoms with Crippen molar-refractivity contribution < 1.29 is 14.6 Å². The number of hydrogen-bond acceptors (Lipinski definition) is 3. The van der Waals surface area contributed by atoms with E-state index in [-0.39, 0.29) is 5.78 Å². The summed E-state index contributed by atoms with van der Waals surface area (Å²) in [5, 5.41) is 11.2. The number of ketones is 1. The molecule has 0 fully saturated rings. The minimum Gasteiger partial charge on any atom is -0.385 e. The zero-order chi connectivity index (χ0) is 19.5. The predicted octanol–water partition coefficient (Wildman–Crippen LogP) is 5.14. The molecule has 1 aliphatic rings. The number of unbranched alkanes of at least 4 members (excludes halogenated alkanes) is 5. The Balaban J connectivity index is 2.10. The number of aliphatic hydroxyl groups is 1. The van der Waals surface area contributed by atoms with Gasteiger partial charge in [-0.05, 0) is 55.4 Å². The third-order valence-electron chi connectivity index (χ3n) is 5.28. The molecule has 1 aliphatic carbocycles. The van der Waals surface area contributed by atoms with Crippen LogP contribution < -0.4 is 0 Å². The molecule has 0 saturated carbocycles. The lowest BCUT2D eigenvalue weighted by molar-refractivity contribution is -0.117. The van der Waals surface area contributed by atoms with Crippen LogP contribution in [-0.2, 0) is 16.0 Å². The zero-order valence-corrected chi connectivity index (χ0v) is 16.8. The van der Waals surface area contributed by atoms with Crippen LogP contribution in [0.5, 0.6) is 0 Å². The van der Waals surface area contributed by atoms with Gasteiger partial charge in [-0.2, -0.15) is 0 Å². The van der Waals surface area contributed by atoms with Crippen molar-refractivity contribution in [3.63, 3.8) is 0 Å². The second-order valence-corrected chi connectivity index (χ2v) is 7.46. The Kier molecular flexibility index (Phi) is 8.96. The van der Waals surface area contributed by atoms with Gasteiger partial charge in [0, 0.05) is 13.7 Å². The Morgan fingerprint density at radius 3 is 2.74 bits per heavy atom. The molecular formula is C24H34O3. The van der Waals surface area contributed by atoms with Crippen LogP contribution in [0.2, 0.25) is 0 Å². The van der Waals surface area contributed by atoms with Crippen molar-refractivity contribution in [3.05, 3.63) is 59.7 Å². The fourth-order valence-electron chi connectivity index (χ4n) is 3.76. The first-order valence-electron chi connectivity index (χ1n) is 10.3. The normalized spacial score (nSPS) is 22.2. The third kappa shape index (κ3) is 6.15. The molecule has 0 heterocycles. The van der Waals surface area contributed by atoms with Gasteiger partial charge in [0.15, 0.2) is 5.78 Å². The van der Waals surface area contributed by atoms with Crippen molar-refractivity contribution >= 4 is 5.78 Å². The molecule has 0 aliphatic heterocycles. The molecule has 1 N–H and O–H groups in total. The van der Waals surface area contributed by atoms with Crippen LogP contribution in [0.1, 0.15) is 68.9 Å². The molecule has 1 aromatic rings. The van der Waals surface area contributed by atoms with E-state index in [1.807, 2.05) is 30.4 Å². The molecule has 1 aromatic carbocycles. The molecule has 2 rings (SSSR count). The maximum absolute atomic E-state index is 12.6. The highest BCUT2D eigenvalue weighted by molar-refractivity contribution is 6.00. The molecule has 3 heteroatoms. The fraction of sp³-hybridized carbons (Fsp3) is 0.542. The van der Waals surface area contributed by atoms with Gasteiger partial charge in [0.25, 0.3) is 0 Å². The van der Waals surface area contributed by atoms with Gasteiger partial charge in [-0.1, -0.05) is 62.6 Å². The summed E-state index contributed by atoms with van der Waals surface area (Å²) in [5.41, 5.74) is 0.873. The fourth-order valence-corrected chi connectivity index (χ4v) is 3.76. The summed E-state index contributed by atoms with van der Waals surface area (Å²) in [6.45, 7) is 2.95. The maximum Gasteiger partial charge on any atom is 0.166 e. The Hall–Kier alpha value is -1.71. The van der Waals surface area contributed by atoms with Crippen LogP contribution in [0.25, 0.3) is 0 Å². The van der Waals surface area contributed by atoms with Gasteiger partial charge in [-0.25, -0.2) is 0 Å². The number of aryl methyl sites for hydroxylation is 1. The Morgan fingerprint density at radius 1 is 1.15 bits per heavy atom. The van der Waals surface area contributed by atoms with Crippen molar-refractivity contribution in [3.8, 4) is 0 Å². The highest BCUT2D eigenvalue weighted by atomic mass is 16.5. The molecule has 27 heavy (non-hydrogen) atoms. The van der Waals surface area contributed by atoms with Crippen molar-refractivity contribution in [2.45, 2.75) is 69.8 Å². The van der Waals surface area contributed by atoms with Crippen LogP contribution in [0.15, 0.2) is 48.6 Å².